The minimum absolute atomic E-state index is 0.0885. The zero-order chi connectivity index (χ0) is 19.3. The molecule has 0 saturated heterocycles. The van der Waals surface area contributed by atoms with Crippen molar-refractivity contribution in [3.63, 3.8) is 0 Å². The van der Waals surface area contributed by atoms with Gasteiger partial charge in [0.2, 0.25) is 0 Å². The van der Waals surface area contributed by atoms with Gasteiger partial charge >= 0.3 is 5.97 Å². The fraction of sp³-hybridized carbons (Fsp3) is 0.200. The molecular weight excluding hydrogens is 373 g/mol. The summed E-state index contributed by atoms with van der Waals surface area (Å²) in [5.74, 6) is -0.328. The van der Waals surface area contributed by atoms with Crippen LogP contribution in [0.25, 0.3) is 22.2 Å². The second kappa shape index (κ2) is 8.88. The van der Waals surface area contributed by atoms with Crippen LogP contribution in [-0.4, -0.2) is 22.7 Å². The number of aromatic carboxylic acids is 1. The van der Waals surface area contributed by atoms with Crippen LogP contribution in [0.2, 0.25) is 10.0 Å². The van der Waals surface area contributed by atoms with Gasteiger partial charge in [0, 0.05) is 16.0 Å². The number of fused-ring (bicyclic) bond motifs is 1. The molecule has 1 N–H and O–H groups in total. The SMILES string of the molecule is CC.CCOc1ccc(-c2cc(C(=O)O)c3c(Cl)cc(Cl)cc3n2)cc1. The van der Waals surface area contributed by atoms with Gasteiger partial charge in [0.05, 0.1) is 28.4 Å². The smallest absolute Gasteiger partial charge is 0.336 e. The third kappa shape index (κ3) is 4.26. The van der Waals surface area contributed by atoms with E-state index in [1.165, 1.54) is 12.1 Å². The van der Waals surface area contributed by atoms with E-state index in [2.05, 4.69) is 4.98 Å². The van der Waals surface area contributed by atoms with Crippen LogP contribution in [0, 0.1) is 0 Å². The summed E-state index contributed by atoms with van der Waals surface area (Å²) in [7, 11) is 0. The summed E-state index contributed by atoms with van der Waals surface area (Å²) in [6.07, 6.45) is 0. The van der Waals surface area contributed by atoms with E-state index in [9.17, 15) is 9.90 Å². The molecule has 3 aromatic rings. The molecule has 6 heteroatoms. The maximum Gasteiger partial charge on any atom is 0.336 e. The predicted octanol–water partition coefficient (Wildman–Crippen LogP) is 6.33. The highest BCUT2D eigenvalue weighted by atomic mass is 35.5. The van der Waals surface area contributed by atoms with Crippen molar-refractivity contribution < 1.29 is 14.6 Å². The summed E-state index contributed by atoms with van der Waals surface area (Å²) in [6, 6.07) is 11.9. The Morgan fingerprint density at radius 1 is 1.12 bits per heavy atom. The zero-order valence-electron chi connectivity index (χ0n) is 14.7. The maximum absolute atomic E-state index is 11.6. The Balaban J connectivity index is 0.00000117. The lowest BCUT2D eigenvalue weighted by molar-refractivity contribution is 0.0699. The Labute approximate surface area is 162 Å². The summed E-state index contributed by atoms with van der Waals surface area (Å²) in [4.78, 5) is 16.1. The molecule has 0 aliphatic heterocycles. The van der Waals surface area contributed by atoms with Gasteiger partial charge in [-0.25, -0.2) is 9.78 Å². The Morgan fingerprint density at radius 2 is 1.77 bits per heavy atom. The first-order valence-corrected chi connectivity index (χ1v) is 9.01. The van der Waals surface area contributed by atoms with Crippen LogP contribution in [0.4, 0.5) is 0 Å². The normalized spacial score (nSPS) is 10.2. The number of carboxylic acids is 1. The van der Waals surface area contributed by atoms with Crippen molar-refractivity contribution in [3.8, 4) is 17.0 Å². The standard InChI is InChI=1S/C18H13Cl2NO3.C2H6/c1-2-24-12-5-3-10(4-6-12)15-9-13(18(22)23)17-14(20)7-11(19)8-16(17)21-15;1-2/h3-9H,2H2,1H3,(H,22,23);1-2H3. The third-order valence-electron chi connectivity index (χ3n) is 3.52. The van der Waals surface area contributed by atoms with Crippen molar-refractivity contribution in [2.24, 2.45) is 0 Å². The van der Waals surface area contributed by atoms with Gasteiger partial charge in [0.15, 0.2) is 0 Å². The Bertz CT molecular complexity index is 924. The molecule has 0 aliphatic carbocycles. The molecule has 1 aromatic heterocycles. The van der Waals surface area contributed by atoms with E-state index in [0.717, 1.165) is 11.3 Å². The summed E-state index contributed by atoms with van der Waals surface area (Å²) in [6.45, 7) is 6.49. The molecule has 0 amide bonds. The van der Waals surface area contributed by atoms with Crippen LogP contribution in [0.15, 0.2) is 42.5 Å². The summed E-state index contributed by atoms with van der Waals surface area (Å²) in [5.41, 5.74) is 1.84. The lowest BCUT2D eigenvalue weighted by Crippen LogP contribution is -2.01. The number of pyridine rings is 1. The molecule has 0 fully saturated rings. The molecule has 1 heterocycles. The maximum atomic E-state index is 11.6. The van der Waals surface area contributed by atoms with Gasteiger partial charge in [-0.3, -0.25) is 0 Å². The van der Waals surface area contributed by atoms with E-state index in [4.69, 9.17) is 27.9 Å². The van der Waals surface area contributed by atoms with Gasteiger partial charge in [-0.05, 0) is 49.4 Å². The van der Waals surface area contributed by atoms with Crippen molar-refractivity contribution in [2.75, 3.05) is 6.61 Å². The summed E-state index contributed by atoms with van der Waals surface area (Å²) < 4.78 is 5.41. The lowest BCUT2D eigenvalue weighted by Gasteiger charge is -2.10. The fourth-order valence-electron chi connectivity index (χ4n) is 2.49. The van der Waals surface area contributed by atoms with Crippen LogP contribution < -0.4 is 4.74 Å². The highest BCUT2D eigenvalue weighted by Gasteiger charge is 2.16. The molecule has 0 saturated carbocycles. The zero-order valence-corrected chi connectivity index (χ0v) is 16.2. The van der Waals surface area contributed by atoms with E-state index in [-0.39, 0.29) is 10.6 Å². The van der Waals surface area contributed by atoms with Crippen LogP contribution in [0.1, 0.15) is 31.1 Å². The number of nitrogens with zero attached hydrogens (tertiary/aromatic N) is 1. The Kier molecular flexibility index (Phi) is 6.83. The van der Waals surface area contributed by atoms with E-state index in [1.807, 2.05) is 45.0 Å². The minimum atomic E-state index is -1.07. The fourth-order valence-corrected chi connectivity index (χ4v) is 3.08. The monoisotopic (exact) mass is 391 g/mol. The molecule has 3 rings (SSSR count). The quantitative estimate of drug-likeness (QED) is 0.564. The van der Waals surface area contributed by atoms with Crippen LogP contribution in [-0.2, 0) is 0 Å². The number of benzene rings is 2. The molecule has 26 heavy (non-hydrogen) atoms. The Morgan fingerprint density at radius 3 is 2.35 bits per heavy atom. The van der Waals surface area contributed by atoms with Gasteiger partial charge in [0.1, 0.15) is 5.75 Å². The second-order valence-corrected chi connectivity index (χ2v) is 5.94. The number of halogens is 2. The van der Waals surface area contributed by atoms with Crippen LogP contribution in [0.3, 0.4) is 0 Å². The Hall–Kier alpha value is -2.30. The first-order valence-electron chi connectivity index (χ1n) is 8.26. The summed E-state index contributed by atoms with van der Waals surface area (Å²) in [5, 5.41) is 10.6. The van der Waals surface area contributed by atoms with Crippen molar-refractivity contribution >= 4 is 40.1 Å². The van der Waals surface area contributed by atoms with E-state index in [0.29, 0.717) is 28.2 Å². The largest absolute Gasteiger partial charge is 0.494 e. The summed E-state index contributed by atoms with van der Waals surface area (Å²) >= 11 is 12.2. The molecule has 0 spiro atoms. The molecule has 0 atom stereocenters. The molecule has 0 unspecified atom stereocenters. The first kappa shape index (κ1) is 20.0. The van der Waals surface area contributed by atoms with E-state index < -0.39 is 5.97 Å². The van der Waals surface area contributed by atoms with Crippen molar-refractivity contribution in [2.45, 2.75) is 20.8 Å². The highest BCUT2D eigenvalue weighted by molar-refractivity contribution is 6.39. The number of carbonyl (C=O) groups is 1. The number of hydrogen-bond donors (Lipinski definition) is 1. The average molecular weight is 392 g/mol. The molecular formula is C20H19Cl2NO3. The lowest BCUT2D eigenvalue weighted by atomic mass is 10.0. The second-order valence-electron chi connectivity index (χ2n) is 5.10. The topological polar surface area (TPSA) is 59.4 Å². The number of rotatable bonds is 4. The van der Waals surface area contributed by atoms with Gasteiger partial charge < -0.3 is 9.84 Å². The van der Waals surface area contributed by atoms with Crippen LogP contribution in [0.5, 0.6) is 5.75 Å². The van der Waals surface area contributed by atoms with Crippen molar-refractivity contribution in [1.29, 1.82) is 0 Å². The van der Waals surface area contributed by atoms with Crippen molar-refractivity contribution in [3.05, 3.63) is 58.1 Å². The molecule has 0 radical (unpaired) electrons. The third-order valence-corrected chi connectivity index (χ3v) is 4.03. The van der Waals surface area contributed by atoms with Gasteiger partial charge in [0.25, 0.3) is 0 Å². The molecule has 2 aromatic carbocycles. The average Bonchev–Trinajstić information content (AvgIpc) is 2.63. The predicted molar refractivity (Wildman–Crippen MR) is 107 cm³/mol. The van der Waals surface area contributed by atoms with Gasteiger partial charge in [-0.1, -0.05) is 37.0 Å². The number of hydrogen-bond acceptors (Lipinski definition) is 3. The first-order chi connectivity index (χ1) is 12.5. The number of ether oxygens (including phenoxy) is 1. The molecule has 136 valence electrons. The molecule has 4 nitrogen and oxygen atoms in total. The van der Waals surface area contributed by atoms with E-state index in [1.54, 1.807) is 6.07 Å². The van der Waals surface area contributed by atoms with Gasteiger partial charge in [-0.15, -0.1) is 0 Å². The highest BCUT2D eigenvalue weighted by Crippen LogP contribution is 2.33. The van der Waals surface area contributed by atoms with Crippen molar-refractivity contribution in [1.82, 2.24) is 4.98 Å². The minimum Gasteiger partial charge on any atom is -0.494 e. The molecule has 0 bridgehead atoms. The molecule has 0 aliphatic rings. The van der Waals surface area contributed by atoms with Crippen LogP contribution >= 0.6 is 23.2 Å². The van der Waals surface area contributed by atoms with E-state index >= 15 is 0 Å². The van der Waals surface area contributed by atoms with Gasteiger partial charge in [-0.2, -0.15) is 0 Å². The number of aromatic nitrogens is 1. The number of carboxylic acid groups (broad SMARTS) is 1.